The molecule has 0 aliphatic carbocycles. The van der Waals surface area contributed by atoms with Gasteiger partial charge in [0.15, 0.2) is 5.78 Å². The van der Waals surface area contributed by atoms with E-state index >= 15 is 0 Å². The molecule has 7 heteroatoms. The zero-order valence-corrected chi connectivity index (χ0v) is 20.2. The van der Waals surface area contributed by atoms with Gasteiger partial charge in [0.2, 0.25) is 5.91 Å². The van der Waals surface area contributed by atoms with Crippen LogP contribution in [-0.2, 0) is 4.79 Å². The van der Waals surface area contributed by atoms with Crippen LogP contribution in [0.3, 0.4) is 0 Å². The number of para-hydroxylation sites is 1. The third kappa shape index (κ3) is 4.47. The molecule has 1 amide bonds. The number of rotatable bonds is 6. The van der Waals surface area contributed by atoms with Crippen LogP contribution in [0.15, 0.2) is 65.1 Å². The Morgan fingerprint density at radius 1 is 0.943 bits per heavy atom. The number of Topliss-reactive ketones (excluding diaryl/α,β-unsaturated/α-hetero) is 1. The highest BCUT2D eigenvalue weighted by Crippen LogP contribution is 2.36. The topological polar surface area (TPSA) is 75.0 Å². The number of furan rings is 1. The van der Waals surface area contributed by atoms with E-state index in [1.54, 1.807) is 14.0 Å². The van der Waals surface area contributed by atoms with E-state index in [4.69, 9.17) is 9.15 Å². The Hall–Kier alpha value is -3.84. The van der Waals surface area contributed by atoms with Crippen molar-refractivity contribution < 1.29 is 18.7 Å². The fourth-order valence-corrected chi connectivity index (χ4v) is 4.70. The summed E-state index contributed by atoms with van der Waals surface area (Å²) in [6.45, 7) is 6.66. The maximum atomic E-state index is 13.2. The number of hydrogen-bond acceptors (Lipinski definition) is 6. The van der Waals surface area contributed by atoms with Gasteiger partial charge in [-0.25, -0.2) is 0 Å². The molecule has 2 heterocycles. The Morgan fingerprint density at radius 2 is 1.66 bits per heavy atom. The van der Waals surface area contributed by atoms with Crippen LogP contribution in [0.4, 0.5) is 11.4 Å². The van der Waals surface area contributed by atoms with Crippen molar-refractivity contribution in [1.29, 1.82) is 0 Å². The number of piperazine rings is 1. The van der Waals surface area contributed by atoms with Crippen LogP contribution in [0.25, 0.3) is 21.9 Å². The molecule has 1 fully saturated rings. The van der Waals surface area contributed by atoms with Crippen molar-refractivity contribution >= 4 is 45.0 Å². The van der Waals surface area contributed by atoms with Gasteiger partial charge in [-0.15, -0.1) is 0 Å². The molecule has 4 aromatic rings. The number of fused-ring (bicyclic) bond motifs is 3. The van der Waals surface area contributed by atoms with Gasteiger partial charge < -0.3 is 19.4 Å². The first-order valence-corrected chi connectivity index (χ1v) is 11.8. The lowest BCUT2D eigenvalue weighted by Gasteiger charge is -2.38. The number of benzene rings is 3. The van der Waals surface area contributed by atoms with E-state index in [0.29, 0.717) is 22.6 Å². The molecule has 0 bridgehead atoms. The van der Waals surface area contributed by atoms with Crippen LogP contribution in [-0.4, -0.2) is 55.9 Å². The normalized spacial score (nSPS) is 15.3. The van der Waals surface area contributed by atoms with E-state index in [9.17, 15) is 9.59 Å². The molecule has 180 valence electrons. The van der Waals surface area contributed by atoms with Gasteiger partial charge in [-0.2, -0.15) is 0 Å². The molecule has 5 rings (SSSR count). The number of carbonyl (C=O) groups excluding carboxylic acids is 2. The van der Waals surface area contributed by atoms with Crippen molar-refractivity contribution in [2.45, 2.75) is 19.9 Å². The summed E-state index contributed by atoms with van der Waals surface area (Å²) in [5, 5.41) is 5.01. The number of carbonyl (C=O) groups is 2. The van der Waals surface area contributed by atoms with Crippen molar-refractivity contribution in [2.24, 2.45) is 0 Å². The minimum atomic E-state index is -0.298. The molecule has 0 spiro atoms. The van der Waals surface area contributed by atoms with Crippen molar-refractivity contribution in [2.75, 3.05) is 43.5 Å². The summed E-state index contributed by atoms with van der Waals surface area (Å²) in [6, 6.07) is 19.0. The number of ether oxygens (including phenoxy) is 1. The van der Waals surface area contributed by atoms with Crippen LogP contribution < -0.4 is 15.0 Å². The van der Waals surface area contributed by atoms with Crippen molar-refractivity contribution in [3.63, 3.8) is 0 Å². The SMILES string of the molecule is COc1cc2c(cc1NC(=O)[C@H](C)N1CCN(c3ccc(C(C)=O)cc3)CC1)oc1ccccc12. The second kappa shape index (κ2) is 9.43. The minimum Gasteiger partial charge on any atom is -0.495 e. The van der Waals surface area contributed by atoms with Crippen molar-refractivity contribution in [3.8, 4) is 5.75 Å². The fourth-order valence-electron chi connectivity index (χ4n) is 4.70. The molecule has 0 saturated carbocycles. The zero-order chi connectivity index (χ0) is 24.5. The molecule has 1 aliphatic rings. The molecular formula is C28H29N3O4. The van der Waals surface area contributed by atoms with E-state index in [1.165, 1.54) is 0 Å². The first-order chi connectivity index (χ1) is 16.9. The van der Waals surface area contributed by atoms with Crippen LogP contribution in [0.1, 0.15) is 24.2 Å². The molecule has 3 aromatic carbocycles. The number of nitrogens with one attached hydrogen (secondary N) is 1. The van der Waals surface area contributed by atoms with Crippen molar-refractivity contribution in [1.82, 2.24) is 4.90 Å². The van der Waals surface area contributed by atoms with Crippen LogP contribution in [0.5, 0.6) is 5.75 Å². The summed E-state index contributed by atoms with van der Waals surface area (Å²) in [6.07, 6.45) is 0. The molecule has 1 aliphatic heterocycles. The fraction of sp³-hybridized carbons (Fsp3) is 0.286. The van der Waals surface area contributed by atoms with Gasteiger partial charge in [0.05, 0.1) is 18.8 Å². The molecular weight excluding hydrogens is 442 g/mol. The quantitative estimate of drug-likeness (QED) is 0.401. The van der Waals surface area contributed by atoms with Gasteiger partial charge in [-0.05, 0) is 50.2 Å². The van der Waals surface area contributed by atoms with Gasteiger partial charge >= 0.3 is 0 Å². The highest BCUT2D eigenvalue weighted by Gasteiger charge is 2.26. The third-order valence-electron chi connectivity index (χ3n) is 6.84. The molecule has 1 aromatic heterocycles. The molecule has 1 saturated heterocycles. The van der Waals surface area contributed by atoms with Gasteiger partial charge in [0.1, 0.15) is 16.9 Å². The second-order valence-electron chi connectivity index (χ2n) is 8.94. The summed E-state index contributed by atoms with van der Waals surface area (Å²) in [4.78, 5) is 29.1. The molecule has 0 radical (unpaired) electrons. The lowest BCUT2D eigenvalue weighted by molar-refractivity contribution is -0.120. The summed E-state index contributed by atoms with van der Waals surface area (Å²) in [5.74, 6) is 0.582. The lowest BCUT2D eigenvalue weighted by Crippen LogP contribution is -2.52. The predicted octanol–water partition coefficient (Wildman–Crippen LogP) is 4.95. The highest BCUT2D eigenvalue weighted by atomic mass is 16.5. The average molecular weight is 472 g/mol. The van der Waals surface area contributed by atoms with Gasteiger partial charge in [-0.3, -0.25) is 14.5 Å². The summed E-state index contributed by atoms with van der Waals surface area (Å²) in [5.41, 5.74) is 3.92. The summed E-state index contributed by atoms with van der Waals surface area (Å²) < 4.78 is 11.6. The Bertz CT molecular complexity index is 1380. The summed E-state index contributed by atoms with van der Waals surface area (Å²) in [7, 11) is 1.60. The standard InChI is InChI=1S/C28H29N3O4/c1-18(30-12-14-31(15-13-30)21-10-8-20(9-11-21)19(2)32)28(33)29-24-17-26-23(16-27(24)34-3)22-6-4-5-7-25(22)35-26/h4-11,16-18H,12-15H2,1-3H3,(H,29,33)/t18-/m0/s1. The van der Waals surface area contributed by atoms with Crippen LogP contribution >= 0.6 is 0 Å². The van der Waals surface area contributed by atoms with E-state index < -0.39 is 0 Å². The van der Waals surface area contributed by atoms with Crippen molar-refractivity contribution in [3.05, 3.63) is 66.2 Å². The Morgan fingerprint density at radius 3 is 2.34 bits per heavy atom. The minimum absolute atomic E-state index is 0.0670. The van der Waals surface area contributed by atoms with E-state index in [1.807, 2.05) is 67.6 Å². The number of ketones is 1. The molecule has 0 unspecified atom stereocenters. The maximum Gasteiger partial charge on any atom is 0.241 e. The van der Waals surface area contributed by atoms with Gasteiger partial charge in [-0.1, -0.05) is 18.2 Å². The van der Waals surface area contributed by atoms with E-state index in [2.05, 4.69) is 15.1 Å². The van der Waals surface area contributed by atoms with Gasteiger partial charge in [0, 0.05) is 54.3 Å². The Balaban J connectivity index is 1.26. The second-order valence-corrected chi connectivity index (χ2v) is 8.94. The molecule has 1 N–H and O–H groups in total. The number of hydrogen-bond donors (Lipinski definition) is 1. The van der Waals surface area contributed by atoms with E-state index in [0.717, 1.165) is 48.2 Å². The Kier molecular flexibility index (Phi) is 6.17. The molecule has 35 heavy (non-hydrogen) atoms. The first kappa shape index (κ1) is 22.9. The number of methoxy groups -OCH3 is 1. The lowest BCUT2D eigenvalue weighted by atomic mass is 10.1. The van der Waals surface area contributed by atoms with Gasteiger partial charge in [0.25, 0.3) is 0 Å². The highest BCUT2D eigenvalue weighted by molar-refractivity contribution is 6.08. The zero-order valence-electron chi connectivity index (χ0n) is 20.2. The Labute approximate surface area is 204 Å². The first-order valence-electron chi connectivity index (χ1n) is 11.8. The smallest absolute Gasteiger partial charge is 0.241 e. The predicted molar refractivity (Wildman–Crippen MR) is 139 cm³/mol. The largest absolute Gasteiger partial charge is 0.495 e. The van der Waals surface area contributed by atoms with Crippen LogP contribution in [0, 0.1) is 0 Å². The third-order valence-corrected chi connectivity index (χ3v) is 6.84. The van der Waals surface area contributed by atoms with E-state index in [-0.39, 0.29) is 17.7 Å². The number of amides is 1. The number of anilines is 2. The number of nitrogens with zero attached hydrogens (tertiary/aromatic N) is 2. The molecule has 1 atom stereocenters. The average Bonchev–Trinajstić information content (AvgIpc) is 3.25. The maximum absolute atomic E-state index is 13.2. The molecule has 7 nitrogen and oxygen atoms in total. The monoisotopic (exact) mass is 471 g/mol. The summed E-state index contributed by atoms with van der Waals surface area (Å²) >= 11 is 0. The van der Waals surface area contributed by atoms with Crippen LogP contribution in [0.2, 0.25) is 0 Å².